The first-order valence-corrected chi connectivity index (χ1v) is 6.93. The Morgan fingerprint density at radius 1 is 0.591 bits per heavy atom. The molecule has 0 spiro atoms. The first kappa shape index (κ1) is 19.5. The van der Waals surface area contributed by atoms with Gasteiger partial charge in [-0.05, 0) is 31.1 Å². The lowest BCUT2D eigenvalue weighted by atomic mass is 9.94. The van der Waals surface area contributed by atoms with Crippen LogP contribution in [-0.2, 0) is 19.2 Å². The molecule has 0 aromatic carbocycles. The van der Waals surface area contributed by atoms with Crippen LogP contribution in [-0.4, -0.2) is 50.5 Å². The van der Waals surface area contributed by atoms with E-state index in [4.69, 9.17) is 0 Å². The number of isocyanates is 4. The van der Waals surface area contributed by atoms with Crippen LogP contribution in [0.3, 0.4) is 0 Å². The SMILES string of the molecule is O=C=NCCC(CCCC(CN=C=O)CN=C=O)CN=C=O. The third-order valence-corrected chi connectivity index (χ3v) is 3.18. The van der Waals surface area contributed by atoms with Crippen molar-refractivity contribution in [3.05, 3.63) is 0 Å². The molecular weight excluding hydrogens is 288 g/mol. The first-order valence-electron chi connectivity index (χ1n) is 6.93. The lowest BCUT2D eigenvalue weighted by Crippen LogP contribution is -2.12. The van der Waals surface area contributed by atoms with Gasteiger partial charge in [0.2, 0.25) is 24.3 Å². The Labute approximate surface area is 128 Å². The molecule has 0 aromatic rings. The fraction of sp³-hybridized carbons (Fsp3) is 0.714. The van der Waals surface area contributed by atoms with Gasteiger partial charge >= 0.3 is 0 Å². The van der Waals surface area contributed by atoms with Crippen LogP contribution in [0.5, 0.6) is 0 Å². The number of aliphatic imine (C=N–C) groups is 4. The molecule has 0 bridgehead atoms. The number of carbonyl (C=O) groups excluding carboxylic acids is 4. The van der Waals surface area contributed by atoms with Crippen LogP contribution in [0.2, 0.25) is 0 Å². The predicted octanol–water partition coefficient (Wildman–Crippen LogP) is 1.12. The maximum atomic E-state index is 10.2. The van der Waals surface area contributed by atoms with Gasteiger partial charge in [0, 0.05) is 0 Å². The molecule has 8 heteroatoms. The average Bonchev–Trinajstić information content (AvgIpc) is 2.54. The van der Waals surface area contributed by atoms with Crippen molar-refractivity contribution in [1.29, 1.82) is 0 Å². The molecule has 0 aliphatic rings. The summed E-state index contributed by atoms with van der Waals surface area (Å²) in [6, 6.07) is 0. The topological polar surface area (TPSA) is 118 Å². The largest absolute Gasteiger partial charge is 0.234 e. The lowest BCUT2D eigenvalue weighted by Gasteiger charge is -2.15. The molecule has 1 unspecified atom stereocenters. The normalized spacial score (nSPS) is 11.8. The van der Waals surface area contributed by atoms with E-state index >= 15 is 0 Å². The zero-order valence-electron chi connectivity index (χ0n) is 12.2. The van der Waals surface area contributed by atoms with Gasteiger partial charge in [0.25, 0.3) is 0 Å². The summed E-state index contributed by atoms with van der Waals surface area (Å²) in [5, 5.41) is 0. The number of rotatable bonds is 13. The molecule has 0 heterocycles. The van der Waals surface area contributed by atoms with Crippen LogP contribution in [0.15, 0.2) is 20.0 Å². The van der Waals surface area contributed by atoms with Crippen LogP contribution >= 0.6 is 0 Å². The van der Waals surface area contributed by atoms with E-state index in [9.17, 15) is 19.2 Å². The summed E-state index contributed by atoms with van der Waals surface area (Å²) < 4.78 is 0. The molecule has 8 nitrogen and oxygen atoms in total. The lowest BCUT2D eigenvalue weighted by molar-refractivity contribution is 0.404. The molecule has 0 N–H and O–H groups in total. The van der Waals surface area contributed by atoms with Gasteiger partial charge in [-0.2, -0.15) is 0 Å². The summed E-state index contributed by atoms with van der Waals surface area (Å²) in [5.74, 6) is 0.0921. The fourth-order valence-electron chi connectivity index (χ4n) is 2.05. The second-order valence-corrected chi connectivity index (χ2v) is 4.72. The Kier molecular flexibility index (Phi) is 13.2. The van der Waals surface area contributed by atoms with Gasteiger partial charge in [-0.25, -0.2) is 39.1 Å². The summed E-state index contributed by atoms with van der Waals surface area (Å²) in [4.78, 5) is 54.6. The molecule has 0 radical (unpaired) electrons. The number of hydrogen-bond acceptors (Lipinski definition) is 8. The van der Waals surface area contributed by atoms with Gasteiger partial charge in [-0.1, -0.05) is 6.42 Å². The minimum atomic E-state index is -0.0221. The predicted molar refractivity (Wildman–Crippen MR) is 77.4 cm³/mol. The van der Waals surface area contributed by atoms with Crippen molar-refractivity contribution in [3.63, 3.8) is 0 Å². The van der Waals surface area contributed by atoms with Crippen molar-refractivity contribution < 1.29 is 19.2 Å². The smallest absolute Gasteiger partial charge is 0.211 e. The van der Waals surface area contributed by atoms with E-state index in [0.717, 1.165) is 12.8 Å². The van der Waals surface area contributed by atoms with Gasteiger partial charge in [0.05, 0.1) is 26.2 Å². The van der Waals surface area contributed by atoms with E-state index in [-0.39, 0.29) is 24.9 Å². The quantitative estimate of drug-likeness (QED) is 0.374. The standard InChI is InChI=1S/C14H18N4O4/c19-9-15-5-4-13(6-16-10-20)2-1-3-14(7-17-11-21)8-18-12-22/h13-14H,1-8H2. The van der Waals surface area contributed by atoms with Crippen LogP contribution in [0.4, 0.5) is 0 Å². The Morgan fingerprint density at radius 3 is 1.55 bits per heavy atom. The second kappa shape index (κ2) is 14.9. The van der Waals surface area contributed by atoms with E-state index in [0.29, 0.717) is 25.9 Å². The van der Waals surface area contributed by atoms with Crippen molar-refractivity contribution in [2.24, 2.45) is 31.8 Å². The van der Waals surface area contributed by atoms with E-state index in [2.05, 4.69) is 20.0 Å². The molecule has 0 saturated carbocycles. The van der Waals surface area contributed by atoms with E-state index in [1.54, 1.807) is 0 Å². The maximum Gasteiger partial charge on any atom is 0.234 e. The summed E-state index contributed by atoms with van der Waals surface area (Å²) in [7, 11) is 0. The highest BCUT2D eigenvalue weighted by Crippen LogP contribution is 2.17. The first-order chi connectivity index (χ1) is 10.8. The highest BCUT2D eigenvalue weighted by Gasteiger charge is 2.12. The van der Waals surface area contributed by atoms with Gasteiger partial charge in [-0.15, -0.1) is 0 Å². The molecule has 22 heavy (non-hydrogen) atoms. The summed E-state index contributed by atoms with van der Waals surface area (Å²) >= 11 is 0. The molecule has 0 fully saturated rings. The van der Waals surface area contributed by atoms with E-state index < -0.39 is 0 Å². The van der Waals surface area contributed by atoms with Crippen LogP contribution in [0.1, 0.15) is 25.7 Å². The molecule has 118 valence electrons. The average molecular weight is 306 g/mol. The van der Waals surface area contributed by atoms with Crippen molar-refractivity contribution >= 4 is 24.3 Å². The molecule has 0 aliphatic heterocycles. The van der Waals surface area contributed by atoms with E-state index in [1.807, 2.05) is 0 Å². The van der Waals surface area contributed by atoms with Crippen LogP contribution in [0.25, 0.3) is 0 Å². The summed E-state index contributed by atoms with van der Waals surface area (Å²) in [6.45, 7) is 1.21. The number of nitrogens with zero attached hydrogens (tertiary/aromatic N) is 4. The van der Waals surface area contributed by atoms with Gasteiger partial charge < -0.3 is 0 Å². The monoisotopic (exact) mass is 306 g/mol. The third kappa shape index (κ3) is 11.4. The Balaban J connectivity index is 4.32. The highest BCUT2D eigenvalue weighted by molar-refractivity contribution is 5.34. The fourth-order valence-corrected chi connectivity index (χ4v) is 2.05. The molecule has 1 atom stereocenters. The van der Waals surface area contributed by atoms with Crippen molar-refractivity contribution in [3.8, 4) is 0 Å². The zero-order chi connectivity index (χ0) is 16.5. The third-order valence-electron chi connectivity index (χ3n) is 3.18. The minimum Gasteiger partial charge on any atom is -0.211 e. The zero-order valence-corrected chi connectivity index (χ0v) is 12.2. The molecule has 0 aliphatic carbocycles. The van der Waals surface area contributed by atoms with Crippen molar-refractivity contribution in [2.45, 2.75) is 25.7 Å². The molecular formula is C14H18N4O4. The maximum absolute atomic E-state index is 10.2. The molecule has 0 rings (SSSR count). The van der Waals surface area contributed by atoms with Crippen LogP contribution in [0, 0.1) is 11.8 Å². The van der Waals surface area contributed by atoms with Crippen LogP contribution < -0.4 is 0 Å². The van der Waals surface area contributed by atoms with Gasteiger partial charge in [0.15, 0.2) is 0 Å². The molecule has 0 aromatic heterocycles. The highest BCUT2D eigenvalue weighted by atomic mass is 16.1. The second-order valence-electron chi connectivity index (χ2n) is 4.72. The van der Waals surface area contributed by atoms with E-state index in [1.165, 1.54) is 24.3 Å². The van der Waals surface area contributed by atoms with Gasteiger partial charge in [-0.3, -0.25) is 0 Å². The number of hydrogen-bond donors (Lipinski definition) is 0. The Hall–Kier alpha value is -2.48. The molecule has 0 amide bonds. The Morgan fingerprint density at radius 2 is 1.05 bits per heavy atom. The van der Waals surface area contributed by atoms with Crippen molar-refractivity contribution in [1.82, 2.24) is 0 Å². The summed E-state index contributed by atoms with van der Waals surface area (Å²) in [6.07, 6.45) is 8.80. The van der Waals surface area contributed by atoms with Crippen molar-refractivity contribution in [2.75, 3.05) is 26.2 Å². The minimum absolute atomic E-state index is 0.0221. The summed E-state index contributed by atoms with van der Waals surface area (Å²) in [5.41, 5.74) is 0. The Bertz CT molecular complexity index is 477. The van der Waals surface area contributed by atoms with Gasteiger partial charge in [0.1, 0.15) is 0 Å². The molecule has 0 saturated heterocycles.